The number of ether oxygens (including phenoxy) is 3. The van der Waals surface area contributed by atoms with Gasteiger partial charge in [-0.25, -0.2) is 4.99 Å². The number of rotatable bonds is 4. The van der Waals surface area contributed by atoms with Gasteiger partial charge in [-0.15, -0.1) is 0 Å². The first-order valence-electron chi connectivity index (χ1n) is 11.3. The summed E-state index contributed by atoms with van der Waals surface area (Å²) in [5, 5.41) is 0. The molecule has 34 heavy (non-hydrogen) atoms. The molecule has 0 radical (unpaired) electrons. The van der Waals surface area contributed by atoms with Crippen LogP contribution in [0.2, 0.25) is 0 Å². The molecule has 0 aromatic heterocycles. The molecule has 2 heterocycles. The number of fused-ring (bicyclic) bond motifs is 2. The Hall–Kier alpha value is -4.00. The number of methoxy groups -OCH3 is 2. The van der Waals surface area contributed by atoms with Crippen LogP contribution in [-0.4, -0.2) is 61.9 Å². The van der Waals surface area contributed by atoms with Gasteiger partial charge in [-0.3, -0.25) is 4.79 Å². The molecule has 3 aromatic carbocycles. The van der Waals surface area contributed by atoms with Crippen molar-refractivity contribution in [2.45, 2.75) is 6.42 Å². The Morgan fingerprint density at radius 2 is 1.68 bits per heavy atom. The van der Waals surface area contributed by atoms with Crippen LogP contribution in [-0.2, 0) is 11.2 Å². The molecule has 174 valence electrons. The molecule has 0 bridgehead atoms. The molecule has 0 saturated carbocycles. The summed E-state index contributed by atoms with van der Waals surface area (Å²) in [5.41, 5.74) is 2.64. The third-order valence-corrected chi connectivity index (χ3v) is 6.19. The van der Waals surface area contributed by atoms with Crippen molar-refractivity contribution in [3.8, 4) is 23.0 Å². The molecule has 2 aliphatic heterocycles. The molecular weight excluding hydrogens is 430 g/mol. The molecule has 1 fully saturated rings. The van der Waals surface area contributed by atoms with Gasteiger partial charge >= 0.3 is 0 Å². The fourth-order valence-corrected chi connectivity index (χ4v) is 4.32. The minimum atomic E-state index is 0.128. The van der Waals surface area contributed by atoms with E-state index in [-0.39, 0.29) is 5.91 Å². The van der Waals surface area contributed by atoms with Crippen LogP contribution in [0.5, 0.6) is 23.0 Å². The second kappa shape index (κ2) is 9.47. The fourth-order valence-electron chi connectivity index (χ4n) is 4.32. The predicted octanol–water partition coefficient (Wildman–Crippen LogP) is 4.27. The molecule has 0 N–H and O–H groups in total. The minimum absolute atomic E-state index is 0.128. The van der Waals surface area contributed by atoms with Gasteiger partial charge in [0.25, 0.3) is 0 Å². The second-order valence-corrected chi connectivity index (χ2v) is 8.23. The Labute approximate surface area is 199 Å². The van der Waals surface area contributed by atoms with E-state index in [2.05, 4.69) is 4.90 Å². The Morgan fingerprint density at radius 1 is 0.912 bits per heavy atom. The highest BCUT2D eigenvalue weighted by molar-refractivity contribution is 6.04. The molecule has 7 nitrogen and oxygen atoms in total. The van der Waals surface area contributed by atoms with Crippen LogP contribution < -0.4 is 14.2 Å². The number of amidine groups is 1. The first-order chi connectivity index (χ1) is 16.7. The molecular formula is C27H27N3O4. The molecule has 2 aliphatic rings. The number of piperazine rings is 1. The molecule has 0 aliphatic carbocycles. The topological polar surface area (TPSA) is 63.6 Å². The molecule has 3 aromatic rings. The van der Waals surface area contributed by atoms with Crippen molar-refractivity contribution >= 4 is 17.4 Å². The lowest BCUT2D eigenvalue weighted by Gasteiger charge is -2.36. The highest BCUT2D eigenvalue weighted by atomic mass is 16.5. The maximum absolute atomic E-state index is 12.9. The average Bonchev–Trinajstić information content (AvgIpc) is 3.06. The van der Waals surface area contributed by atoms with E-state index in [0.717, 1.165) is 28.4 Å². The van der Waals surface area contributed by atoms with Gasteiger partial charge in [-0.2, -0.15) is 0 Å². The smallest absolute Gasteiger partial charge is 0.227 e. The highest BCUT2D eigenvalue weighted by Gasteiger charge is 2.28. The monoisotopic (exact) mass is 457 g/mol. The Kier molecular flexibility index (Phi) is 6.08. The van der Waals surface area contributed by atoms with Crippen LogP contribution >= 0.6 is 0 Å². The number of nitrogens with zero attached hydrogens (tertiary/aromatic N) is 3. The lowest BCUT2D eigenvalue weighted by molar-refractivity contribution is -0.131. The van der Waals surface area contributed by atoms with Gasteiger partial charge in [0, 0.05) is 26.2 Å². The van der Waals surface area contributed by atoms with Crippen molar-refractivity contribution < 1.29 is 19.0 Å². The second-order valence-electron chi connectivity index (χ2n) is 8.23. The van der Waals surface area contributed by atoms with Gasteiger partial charge in [0.15, 0.2) is 17.2 Å². The number of para-hydroxylation sites is 3. The minimum Gasteiger partial charge on any atom is -0.497 e. The van der Waals surface area contributed by atoms with Crippen molar-refractivity contribution in [1.29, 1.82) is 0 Å². The maximum atomic E-state index is 12.9. The maximum Gasteiger partial charge on any atom is 0.227 e. The lowest BCUT2D eigenvalue weighted by Crippen LogP contribution is -2.51. The van der Waals surface area contributed by atoms with Crippen molar-refractivity contribution in [3.05, 3.63) is 77.9 Å². The van der Waals surface area contributed by atoms with Crippen LogP contribution in [0.15, 0.2) is 71.7 Å². The highest BCUT2D eigenvalue weighted by Crippen LogP contribution is 2.42. The van der Waals surface area contributed by atoms with E-state index in [4.69, 9.17) is 19.2 Å². The van der Waals surface area contributed by atoms with E-state index in [1.165, 1.54) is 0 Å². The van der Waals surface area contributed by atoms with E-state index >= 15 is 0 Å². The predicted molar refractivity (Wildman–Crippen MR) is 131 cm³/mol. The molecule has 0 atom stereocenters. The molecule has 0 spiro atoms. The summed E-state index contributed by atoms with van der Waals surface area (Å²) in [6.07, 6.45) is 0.381. The summed E-state index contributed by atoms with van der Waals surface area (Å²) in [5.74, 6) is 3.76. The number of amides is 1. The number of carbonyl (C=O) groups excluding carboxylic acids is 1. The van der Waals surface area contributed by atoms with E-state index in [9.17, 15) is 4.79 Å². The summed E-state index contributed by atoms with van der Waals surface area (Å²) in [6.45, 7) is 2.64. The van der Waals surface area contributed by atoms with Gasteiger partial charge in [-0.1, -0.05) is 30.3 Å². The standard InChI is InChI=1S/C27H27N3O4/c1-32-20-12-10-19(11-13-20)18-25(31)29-14-16-30(17-15-29)27-21-6-5-9-24(33-2)26(21)34-23-8-4-3-7-22(23)28-27/h3-13H,14-18H2,1-2H3. The van der Waals surface area contributed by atoms with Gasteiger partial charge in [0.05, 0.1) is 26.2 Å². The van der Waals surface area contributed by atoms with Crippen LogP contribution in [0.3, 0.4) is 0 Å². The molecule has 1 saturated heterocycles. The van der Waals surface area contributed by atoms with Crippen molar-refractivity contribution in [3.63, 3.8) is 0 Å². The van der Waals surface area contributed by atoms with Crippen molar-refractivity contribution in [2.24, 2.45) is 4.99 Å². The zero-order valence-electron chi connectivity index (χ0n) is 19.4. The van der Waals surface area contributed by atoms with Gasteiger partial charge in [-0.05, 0) is 42.0 Å². The number of benzene rings is 3. The molecule has 0 unspecified atom stereocenters. The zero-order chi connectivity index (χ0) is 23.5. The van der Waals surface area contributed by atoms with E-state index < -0.39 is 0 Å². The van der Waals surface area contributed by atoms with E-state index in [0.29, 0.717) is 49.8 Å². The SMILES string of the molecule is COc1ccc(CC(=O)N2CCN(C3=Nc4ccccc4Oc4c(OC)cccc43)CC2)cc1. The van der Waals surface area contributed by atoms with E-state index in [1.807, 2.05) is 71.6 Å². The molecule has 5 rings (SSSR count). The van der Waals surface area contributed by atoms with Gasteiger partial charge < -0.3 is 24.0 Å². The largest absolute Gasteiger partial charge is 0.497 e. The first-order valence-corrected chi connectivity index (χ1v) is 11.3. The number of hydrogen-bond acceptors (Lipinski definition) is 6. The summed E-state index contributed by atoms with van der Waals surface area (Å²) >= 11 is 0. The average molecular weight is 458 g/mol. The Bertz CT molecular complexity index is 1210. The summed E-state index contributed by atoms with van der Waals surface area (Å²) in [7, 11) is 3.28. The summed E-state index contributed by atoms with van der Waals surface area (Å²) in [4.78, 5) is 22.0. The number of carbonyl (C=O) groups is 1. The molecule has 1 amide bonds. The third kappa shape index (κ3) is 4.29. The van der Waals surface area contributed by atoms with Crippen LogP contribution in [0, 0.1) is 0 Å². The normalized spacial score (nSPS) is 14.8. The van der Waals surface area contributed by atoms with Gasteiger partial charge in [0.1, 0.15) is 17.3 Å². The van der Waals surface area contributed by atoms with Crippen LogP contribution in [0.1, 0.15) is 11.1 Å². The summed E-state index contributed by atoms with van der Waals surface area (Å²) < 4.78 is 17.0. The first kappa shape index (κ1) is 21.8. The van der Waals surface area contributed by atoms with Crippen LogP contribution in [0.4, 0.5) is 5.69 Å². The van der Waals surface area contributed by atoms with Crippen molar-refractivity contribution in [2.75, 3.05) is 40.4 Å². The number of hydrogen-bond donors (Lipinski definition) is 0. The third-order valence-electron chi connectivity index (χ3n) is 6.19. The molecule has 7 heteroatoms. The van der Waals surface area contributed by atoms with E-state index in [1.54, 1.807) is 14.2 Å². The Morgan fingerprint density at radius 3 is 2.41 bits per heavy atom. The fraction of sp³-hybridized carbons (Fsp3) is 0.259. The summed E-state index contributed by atoms with van der Waals surface area (Å²) in [6, 6.07) is 21.2. The number of aliphatic imine (C=N–C) groups is 1. The quantitative estimate of drug-likeness (QED) is 0.585. The lowest BCUT2D eigenvalue weighted by atomic mass is 10.1. The zero-order valence-corrected chi connectivity index (χ0v) is 19.4. The van der Waals surface area contributed by atoms with Crippen molar-refractivity contribution in [1.82, 2.24) is 9.80 Å². The van der Waals surface area contributed by atoms with Gasteiger partial charge in [0.2, 0.25) is 5.91 Å². The van der Waals surface area contributed by atoms with Crippen LogP contribution in [0.25, 0.3) is 0 Å². The Balaban J connectivity index is 1.35.